The van der Waals surface area contributed by atoms with Crippen molar-refractivity contribution in [1.29, 1.82) is 0 Å². The molecular weight excluding hydrogens is 570 g/mol. The van der Waals surface area contributed by atoms with Crippen molar-refractivity contribution in [2.45, 2.75) is 186 Å². The number of esters is 2. The van der Waals surface area contributed by atoms with Crippen LogP contribution in [0.3, 0.4) is 0 Å². The van der Waals surface area contributed by atoms with Gasteiger partial charge >= 0.3 is 11.9 Å². The molecule has 4 bridgehead atoms. The molecule has 0 radical (unpaired) electrons. The topological polar surface area (TPSA) is 83.5 Å². The molecule has 0 saturated carbocycles. The lowest BCUT2D eigenvalue weighted by Gasteiger charge is -2.38. The van der Waals surface area contributed by atoms with Crippen LogP contribution in [0.5, 0.6) is 0 Å². The zero-order valence-electron chi connectivity index (χ0n) is 29.7. The molecule has 0 aromatic carbocycles. The van der Waals surface area contributed by atoms with Crippen LogP contribution >= 0.6 is 0 Å². The monoisotopic (exact) mass is 635 g/mol. The normalized spacial score (nSPS) is 39.5. The van der Waals surface area contributed by atoms with E-state index in [1.165, 1.54) is 19.3 Å². The highest BCUT2D eigenvalue weighted by Crippen LogP contribution is 2.40. The molecule has 13 unspecified atom stereocenters. The number of unbranched alkanes of at least 4 members (excludes halogenated alkanes) is 1. The van der Waals surface area contributed by atoms with E-state index in [1.54, 1.807) is 0 Å². The molecule has 4 heterocycles. The summed E-state index contributed by atoms with van der Waals surface area (Å²) in [5.74, 6) is -1.01. The number of carbonyl (C=O) groups is 2. The van der Waals surface area contributed by atoms with E-state index in [0.717, 1.165) is 64.2 Å². The van der Waals surface area contributed by atoms with E-state index in [2.05, 4.69) is 46.7 Å². The first-order valence-corrected chi connectivity index (χ1v) is 18.6. The van der Waals surface area contributed by atoms with Gasteiger partial charge in [0.15, 0.2) is 0 Å². The molecule has 4 aliphatic rings. The summed E-state index contributed by atoms with van der Waals surface area (Å²) in [5.41, 5.74) is 0. The third-order valence-corrected chi connectivity index (χ3v) is 11.5. The number of fused-ring (bicyclic) bond motifs is 4. The van der Waals surface area contributed by atoms with E-state index in [-0.39, 0.29) is 84.4 Å². The van der Waals surface area contributed by atoms with Gasteiger partial charge in [-0.1, -0.05) is 47.0 Å². The maximum atomic E-state index is 13.9. The van der Waals surface area contributed by atoms with Gasteiger partial charge in [-0.2, -0.15) is 0 Å². The fraction of sp³-hybridized carbons (Fsp3) is 0.946. The first kappa shape index (κ1) is 36.6. The zero-order valence-corrected chi connectivity index (χ0v) is 29.7. The molecule has 260 valence electrons. The van der Waals surface area contributed by atoms with Crippen LogP contribution in [0, 0.1) is 23.7 Å². The lowest BCUT2D eigenvalue weighted by atomic mass is 9.81. The average molecular weight is 636 g/mol. The first-order valence-electron chi connectivity index (χ1n) is 18.6. The highest BCUT2D eigenvalue weighted by atomic mass is 16.6. The van der Waals surface area contributed by atoms with Gasteiger partial charge in [0.2, 0.25) is 0 Å². The van der Waals surface area contributed by atoms with Gasteiger partial charge in [-0.05, 0) is 92.2 Å². The molecule has 0 amide bonds. The van der Waals surface area contributed by atoms with Gasteiger partial charge in [0.1, 0.15) is 12.2 Å². The highest BCUT2D eigenvalue weighted by molar-refractivity contribution is 5.73. The van der Waals surface area contributed by atoms with Crippen molar-refractivity contribution in [3.05, 3.63) is 0 Å². The van der Waals surface area contributed by atoms with Gasteiger partial charge in [0.25, 0.3) is 0 Å². The van der Waals surface area contributed by atoms with E-state index in [9.17, 15) is 9.59 Å². The Morgan fingerprint density at radius 1 is 0.756 bits per heavy atom. The second-order valence-electron chi connectivity index (χ2n) is 15.0. The minimum Gasteiger partial charge on any atom is -0.462 e. The summed E-state index contributed by atoms with van der Waals surface area (Å²) in [4.78, 5) is 29.6. The van der Waals surface area contributed by atoms with Crippen LogP contribution in [0.2, 0.25) is 0 Å². The summed E-state index contributed by atoms with van der Waals surface area (Å²) in [6, 6.07) is 0.513. The summed E-state index contributed by atoms with van der Waals surface area (Å²) in [6.45, 7) is 12.6. The van der Waals surface area contributed by atoms with Crippen LogP contribution < -0.4 is 0 Å². The molecule has 0 aliphatic carbocycles. The zero-order chi connectivity index (χ0) is 32.7. The van der Waals surface area contributed by atoms with Crippen molar-refractivity contribution >= 4 is 11.9 Å². The molecule has 13 atom stereocenters. The number of hydrogen-bond donors (Lipinski definition) is 0. The molecule has 0 N–H and O–H groups in total. The quantitative estimate of drug-likeness (QED) is 0.222. The van der Waals surface area contributed by atoms with Gasteiger partial charge in [-0.15, -0.1) is 0 Å². The molecule has 8 heteroatoms. The molecule has 45 heavy (non-hydrogen) atoms. The lowest BCUT2D eigenvalue weighted by molar-refractivity contribution is -0.176. The highest BCUT2D eigenvalue weighted by Gasteiger charge is 2.46. The first-order chi connectivity index (χ1) is 21.6. The predicted molar refractivity (Wildman–Crippen MR) is 176 cm³/mol. The maximum Gasteiger partial charge on any atom is 0.311 e. The summed E-state index contributed by atoms with van der Waals surface area (Å²) >= 11 is 0. The Bertz CT molecular complexity index is 928. The largest absolute Gasteiger partial charge is 0.462 e. The second-order valence-corrected chi connectivity index (χ2v) is 15.0. The van der Waals surface area contributed by atoms with Gasteiger partial charge < -0.3 is 28.6 Å². The fourth-order valence-electron chi connectivity index (χ4n) is 8.43. The van der Waals surface area contributed by atoms with Crippen molar-refractivity contribution in [1.82, 2.24) is 4.90 Å². The predicted octanol–water partition coefficient (Wildman–Crippen LogP) is 7.10. The fourth-order valence-corrected chi connectivity index (χ4v) is 8.43. The Morgan fingerprint density at radius 2 is 1.42 bits per heavy atom. The third-order valence-electron chi connectivity index (χ3n) is 11.5. The number of cyclic esters (lactones) is 2. The number of nitrogens with zero attached hydrogens (tertiary/aromatic N) is 1. The van der Waals surface area contributed by atoms with Crippen LogP contribution in [0.15, 0.2) is 0 Å². The average Bonchev–Trinajstić information content (AvgIpc) is 3.79. The van der Waals surface area contributed by atoms with Crippen LogP contribution in [-0.4, -0.2) is 85.8 Å². The smallest absolute Gasteiger partial charge is 0.311 e. The van der Waals surface area contributed by atoms with Crippen molar-refractivity contribution in [3.8, 4) is 0 Å². The molecule has 4 saturated heterocycles. The molecular formula is C37H65NO7. The standard InChI is InChI=1S/C37H65NO7/c1-9-12-14-26(38(7)8)21-28-16-18-34(42-28)30(11-3)35-23(4)31-19-20-33(44-31)25(6)36(39)43-27(13-10-2)22-29-15-17-32(41-29)24(5)37(40)45-35/h23-35H,9-22H2,1-8H3. The molecule has 4 fully saturated rings. The summed E-state index contributed by atoms with van der Waals surface area (Å²) in [6.07, 6.45) is 12.6. The Balaban J connectivity index is 1.53. The second kappa shape index (κ2) is 17.3. The molecule has 4 rings (SSSR count). The summed E-state index contributed by atoms with van der Waals surface area (Å²) in [5, 5.41) is 0. The minimum atomic E-state index is -0.365. The Labute approximate surface area is 274 Å². The Morgan fingerprint density at radius 3 is 2.09 bits per heavy atom. The van der Waals surface area contributed by atoms with E-state index in [1.807, 2.05) is 13.8 Å². The van der Waals surface area contributed by atoms with Gasteiger partial charge in [0.05, 0.1) is 48.5 Å². The van der Waals surface area contributed by atoms with Crippen molar-refractivity contribution in [3.63, 3.8) is 0 Å². The van der Waals surface area contributed by atoms with Gasteiger partial charge in [0, 0.05) is 24.3 Å². The van der Waals surface area contributed by atoms with Crippen molar-refractivity contribution < 1.29 is 33.3 Å². The van der Waals surface area contributed by atoms with Gasteiger partial charge in [-0.3, -0.25) is 9.59 Å². The van der Waals surface area contributed by atoms with Crippen molar-refractivity contribution in [2.75, 3.05) is 14.1 Å². The van der Waals surface area contributed by atoms with Crippen LogP contribution in [-0.2, 0) is 33.3 Å². The Kier molecular flexibility index (Phi) is 14.0. The molecule has 0 spiro atoms. The van der Waals surface area contributed by atoms with E-state index in [0.29, 0.717) is 12.5 Å². The molecule has 0 aromatic rings. The SMILES string of the molecule is CCCCC(CC1CCC(C(CC)C2OC(=O)C(C)C3CCC(CC(CCC)OC(=O)C(C)C4CCC(O4)C2C)O3)O1)N(C)C. The molecule has 0 aromatic heterocycles. The maximum absolute atomic E-state index is 13.9. The third kappa shape index (κ3) is 9.45. The number of hydrogen-bond acceptors (Lipinski definition) is 8. The number of ether oxygens (including phenoxy) is 5. The minimum absolute atomic E-state index is 0.0184. The number of rotatable bonds is 11. The van der Waals surface area contributed by atoms with Crippen LogP contribution in [0.4, 0.5) is 0 Å². The van der Waals surface area contributed by atoms with Gasteiger partial charge in [-0.25, -0.2) is 0 Å². The van der Waals surface area contributed by atoms with E-state index in [4.69, 9.17) is 23.7 Å². The van der Waals surface area contributed by atoms with Crippen LogP contribution in [0.1, 0.15) is 131 Å². The summed E-state index contributed by atoms with van der Waals surface area (Å²) in [7, 11) is 4.36. The number of carbonyl (C=O) groups excluding carboxylic acids is 2. The Hall–Kier alpha value is -1.22. The summed E-state index contributed by atoms with van der Waals surface area (Å²) < 4.78 is 32.6. The van der Waals surface area contributed by atoms with Crippen LogP contribution in [0.25, 0.3) is 0 Å². The van der Waals surface area contributed by atoms with E-state index < -0.39 is 0 Å². The lowest BCUT2D eigenvalue weighted by Crippen LogP contribution is -2.45. The molecule has 4 aliphatic heterocycles. The molecule has 8 nitrogen and oxygen atoms in total. The van der Waals surface area contributed by atoms with Crippen molar-refractivity contribution in [2.24, 2.45) is 23.7 Å². The van der Waals surface area contributed by atoms with E-state index >= 15 is 0 Å².